The zero-order chi connectivity index (χ0) is 21.7. The van der Waals surface area contributed by atoms with Gasteiger partial charge in [0.15, 0.2) is 0 Å². The van der Waals surface area contributed by atoms with Gasteiger partial charge in [-0.3, -0.25) is 19.3 Å². The molecule has 5 rings (SSSR count). The van der Waals surface area contributed by atoms with Gasteiger partial charge in [0.1, 0.15) is 23.3 Å². The Morgan fingerprint density at radius 3 is 2.55 bits per heavy atom. The molecule has 3 aromatic rings. The fraction of sp³-hybridized carbons (Fsp3) is 0.318. The van der Waals surface area contributed by atoms with E-state index in [9.17, 15) is 19.2 Å². The second-order valence-electron chi connectivity index (χ2n) is 7.71. The van der Waals surface area contributed by atoms with E-state index in [2.05, 4.69) is 9.97 Å². The van der Waals surface area contributed by atoms with E-state index in [1.54, 1.807) is 24.3 Å². The number of ether oxygens (including phenoxy) is 1. The zero-order valence-corrected chi connectivity index (χ0v) is 17.6. The third-order valence-electron chi connectivity index (χ3n) is 5.78. The van der Waals surface area contributed by atoms with Crippen LogP contribution >= 0.6 is 11.3 Å². The van der Waals surface area contributed by atoms with Crippen molar-refractivity contribution >= 4 is 39.3 Å². The number of hydrogen-bond donors (Lipinski definition) is 1. The maximum atomic E-state index is 12.6. The van der Waals surface area contributed by atoms with E-state index in [-0.39, 0.29) is 29.1 Å². The number of esters is 1. The van der Waals surface area contributed by atoms with Crippen LogP contribution in [-0.2, 0) is 29.0 Å². The number of benzene rings is 1. The van der Waals surface area contributed by atoms with Gasteiger partial charge in [-0.05, 0) is 50.3 Å². The lowest BCUT2D eigenvalue weighted by Crippen LogP contribution is -2.43. The topological polar surface area (TPSA) is 109 Å². The summed E-state index contributed by atoms with van der Waals surface area (Å²) in [5, 5.41) is 0.633. The van der Waals surface area contributed by atoms with Crippen LogP contribution in [0.5, 0.6) is 0 Å². The minimum absolute atomic E-state index is 0.233. The van der Waals surface area contributed by atoms with Gasteiger partial charge in [0.25, 0.3) is 17.4 Å². The molecule has 1 N–H and O–H groups in total. The largest absolute Gasteiger partial charge is 0.456 e. The number of aryl methyl sites for hydroxylation is 2. The number of carbonyl (C=O) groups excluding carboxylic acids is 3. The molecule has 9 heteroatoms. The van der Waals surface area contributed by atoms with Crippen molar-refractivity contribution in [1.82, 2.24) is 14.9 Å². The summed E-state index contributed by atoms with van der Waals surface area (Å²) in [6, 6.07) is 5.33. The summed E-state index contributed by atoms with van der Waals surface area (Å²) < 4.78 is 5.29. The van der Waals surface area contributed by atoms with E-state index in [1.807, 2.05) is 0 Å². The molecule has 0 saturated heterocycles. The number of amides is 2. The third kappa shape index (κ3) is 3.16. The Bertz CT molecular complexity index is 1270. The molecule has 158 valence electrons. The molecule has 2 amide bonds. The molecule has 1 aliphatic heterocycles. The lowest BCUT2D eigenvalue weighted by Gasteiger charge is -2.20. The van der Waals surface area contributed by atoms with Crippen molar-refractivity contribution in [3.63, 3.8) is 0 Å². The van der Waals surface area contributed by atoms with Crippen molar-refractivity contribution in [2.45, 2.75) is 45.3 Å². The van der Waals surface area contributed by atoms with Crippen LogP contribution in [0.25, 0.3) is 10.2 Å². The number of aromatic nitrogens is 2. The van der Waals surface area contributed by atoms with E-state index >= 15 is 0 Å². The third-order valence-corrected chi connectivity index (χ3v) is 6.96. The summed E-state index contributed by atoms with van der Waals surface area (Å²) in [4.78, 5) is 60.2. The highest BCUT2D eigenvalue weighted by Gasteiger charge is 2.41. The van der Waals surface area contributed by atoms with Gasteiger partial charge in [0, 0.05) is 4.88 Å². The first kappa shape index (κ1) is 19.6. The van der Waals surface area contributed by atoms with E-state index in [4.69, 9.17) is 4.74 Å². The van der Waals surface area contributed by atoms with Crippen molar-refractivity contribution in [3.8, 4) is 0 Å². The molecule has 2 aromatic heterocycles. The smallest absolute Gasteiger partial charge is 0.329 e. The van der Waals surface area contributed by atoms with E-state index in [0.717, 1.165) is 36.1 Å². The molecule has 0 saturated carbocycles. The standard InChI is InChI=1S/C22H19N3O5S/c1-11(25-20(27)12-6-2-3-7-13(12)21(25)28)22(29)30-10-16-23-18(26)17-14-8-4-5-9-15(14)31-19(17)24-16/h2-3,6-7,11H,4-5,8-10H2,1H3,(H,23,24,26)/t11-/m0/s1. The Labute approximate surface area is 180 Å². The summed E-state index contributed by atoms with van der Waals surface area (Å²) in [7, 11) is 0. The van der Waals surface area contributed by atoms with E-state index in [1.165, 1.54) is 23.1 Å². The van der Waals surface area contributed by atoms with Crippen LogP contribution in [-0.4, -0.2) is 38.7 Å². The minimum Gasteiger partial charge on any atom is -0.456 e. The minimum atomic E-state index is -1.10. The Balaban J connectivity index is 1.33. The summed E-state index contributed by atoms with van der Waals surface area (Å²) in [6.45, 7) is 1.19. The van der Waals surface area contributed by atoms with Gasteiger partial charge in [0.2, 0.25) is 0 Å². The van der Waals surface area contributed by atoms with Crippen molar-refractivity contribution in [2.24, 2.45) is 0 Å². The average Bonchev–Trinajstić information content (AvgIpc) is 3.27. The first-order valence-electron chi connectivity index (χ1n) is 10.1. The number of fused-ring (bicyclic) bond motifs is 4. The molecular weight excluding hydrogens is 418 g/mol. The van der Waals surface area contributed by atoms with Crippen LogP contribution in [0.2, 0.25) is 0 Å². The second kappa shape index (κ2) is 7.42. The van der Waals surface area contributed by atoms with E-state index in [0.29, 0.717) is 10.2 Å². The molecule has 1 atom stereocenters. The molecule has 1 aliphatic carbocycles. The molecule has 0 unspecified atom stereocenters. The molecule has 8 nitrogen and oxygen atoms in total. The molecule has 3 heterocycles. The fourth-order valence-corrected chi connectivity index (χ4v) is 5.48. The summed E-state index contributed by atoms with van der Waals surface area (Å²) in [5.74, 6) is -1.56. The highest BCUT2D eigenvalue weighted by Crippen LogP contribution is 2.33. The number of aromatic amines is 1. The Morgan fingerprint density at radius 2 is 1.84 bits per heavy atom. The predicted octanol–water partition coefficient (Wildman–Crippen LogP) is 2.59. The highest BCUT2D eigenvalue weighted by atomic mass is 32.1. The number of H-pyrrole nitrogens is 1. The monoisotopic (exact) mass is 437 g/mol. The molecule has 0 spiro atoms. The molecule has 0 bridgehead atoms. The molecule has 1 aromatic carbocycles. The summed E-state index contributed by atoms with van der Waals surface area (Å²) >= 11 is 1.51. The lowest BCUT2D eigenvalue weighted by atomic mass is 9.97. The normalized spacial score (nSPS) is 16.4. The lowest BCUT2D eigenvalue weighted by molar-refractivity contribution is -0.149. The van der Waals surface area contributed by atoms with Crippen LogP contribution < -0.4 is 5.56 Å². The quantitative estimate of drug-likeness (QED) is 0.496. The highest BCUT2D eigenvalue weighted by molar-refractivity contribution is 7.18. The van der Waals surface area contributed by atoms with Crippen LogP contribution in [0.15, 0.2) is 29.1 Å². The number of hydrogen-bond acceptors (Lipinski definition) is 7. The van der Waals surface area contributed by atoms with Gasteiger partial charge in [-0.2, -0.15) is 0 Å². The second-order valence-corrected chi connectivity index (χ2v) is 8.80. The number of nitrogens with one attached hydrogen (secondary N) is 1. The first-order chi connectivity index (χ1) is 15.0. The maximum Gasteiger partial charge on any atom is 0.329 e. The molecule has 0 fully saturated rings. The summed E-state index contributed by atoms with van der Waals surface area (Å²) in [5.41, 5.74) is 1.39. The molecule has 2 aliphatic rings. The zero-order valence-electron chi connectivity index (χ0n) is 16.8. The van der Waals surface area contributed by atoms with Crippen molar-refractivity contribution in [1.29, 1.82) is 0 Å². The maximum absolute atomic E-state index is 12.6. The molecular formula is C22H19N3O5S. The van der Waals surface area contributed by atoms with Crippen LogP contribution in [0, 0.1) is 0 Å². The van der Waals surface area contributed by atoms with Crippen molar-refractivity contribution < 1.29 is 19.1 Å². The molecule has 31 heavy (non-hydrogen) atoms. The van der Waals surface area contributed by atoms with Gasteiger partial charge in [-0.25, -0.2) is 9.78 Å². The average molecular weight is 437 g/mol. The Hall–Kier alpha value is -3.33. The van der Waals surface area contributed by atoms with Gasteiger partial charge < -0.3 is 9.72 Å². The SMILES string of the molecule is C[C@@H](C(=O)OCc1nc2sc3c(c2c(=O)[nH]1)CCCC3)N1C(=O)c2ccccc2C1=O. The van der Waals surface area contributed by atoms with Gasteiger partial charge in [-0.15, -0.1) is 11.3 Å². The number of imide groups is 1. The number of rotatable bonds is 4. The Morgan fingerprint density at radius 1 is 1.16 bits per heavy atom. The van der Waals surface area contributed by atoms with E-state index < -0.39 is 23.8 Å². The van der Waals surface area contributed by atoms with Crippen molar-refractivity contribution in [3.05, 3.63) is 62.0 Å². The van der Waals surface area contributed by atoms with Crippen LogP contribution in [0.1, 0.15) is 56.7 Å². The van der Waals surface area contributed by atoms with Crippen LogP contribution in [0.3, 0.4) is 0 Å². The van der Waals surface area contributed by atoms with Gasteiger partial charge >= 0.3 is 5.97 Å². The van der Waals surface area contributed by atoms with Gasteiger partial charge in [0.05, 0.1) is 16.5 Å². The number of carbonyl (C=O) groups is 3. The number of nitrogens with zero attached hydrogens (tertiary/aromatic N) is 2. The predicted molar refractivity (Wildman–Crippen MR) is 113 cm³/mol. The molecule has 0 radical (unpaired) electrons. The van der Waals surface area contributed by atoms with Crippen LogP contribution in [0.4, 0.5) is 0 Å². The number of thiophene rings is 1. The fourth-order valence-electron chi connectivity index (χ4n) is 4.20. The Kier molecular flexibility index (Phi) is 4.70. The van der Waals surface area contributed by atoms with Crippen molar-refractivity contribution in [2.75, 3.05) is 0 Å². The summed E-state index contributed by atoms with van der Waals surface area (Å²) in [6.07, 6.45) is 4.01. The van der Waals surface area contributed by atoms with Gasteiger partial charge in [-0.1, -0.05) is 12.1 Å². The first-order valence-corrected chi connectivity index (χ1v) is 10.9.